The van der Waals surface area contributed by atoms with Gasteiger partial charge in [0.15, 0.2) is 0 Å². The molecule has 0 saturated heterocycles. The van der Waals surface area contributed by atoms with Crippen LogP contribution in [0.3, 0.4) is 0 Å². The molecule has 0 unspecified atom stereocenters. The van der Waals surface area contributed by atoms with E-state index in [1.54, 1.807) is 6.07 Å². The Morgan fingerprint density at radius 2 is 1.52 bits per heavy atom. The van der Waals surface area contributed by atoms with Gasteiger partial charge in [-0.05, 0) is 67.3 Å². The summed E-state index contributed by atoms with van der Waals surface area (Å²) in [4.78, 5) is 12.2. The van der Waals surface area contributed by atoms with Crippen molar-refractivity contribution >= 4 is 0 Å². The molecule has 0 amide bonds. The number of aromatic nitrogens is 2. The van der Waals surface area contributed by atoms with Crippen LogP contribution in [0.15, 0.2) is 53.3 Å². The fraction of sp³-hybridized carbons (Fsp3) is 0.238. The highest BCUT2D eigenvalue weighted by Gasteiger charge is 2.29. The predicted octanol–water partition coefficient (Wildman–Crippen LogP) is 4.90. The molecule has 2 aromatic carbocycles. The molecule has 1 aromatic heterocycles. The van der Waals surface area contributed by atoms with Crippen molar-refractivity contribution in [1.82, 2.24) is 9.78 Å². The van der Waals surface area contributed by atoms with E-state index < -0.39 is 11.7 Å². The minimum atomic E-state index is -4.38. The SMILES string of the molecule is Cc1cc(C)c(-c2ccc(=O)n(Cc3ccc(C(F)(F)F)cc3)n2)cc1C. The van der Waals surface area contributed by atoms with Crippen molar-refractivity contribution in [3.05, 3.63) is 86.7 Å². The lowest BCUT2D eigenvalue weighted by Gasteiger charge is -2.12. The van der Waals surface area contributed by atoms with E-state index in [1.807, 2.05) is 26.8 Å². The highest BCUT2D eigenvalue weighted by molar-refractivity contribution is 5.64. The van der Waals surface area contributed by atoms with Crippen LogP contribution in [0.2, 0.25) is 0 Å². The second-order valence-electron chi connectivity index (χ2n) is 6.66. The first-order chi connectivity index (χ1) is 12.6. The van der Waals surface area contributed by atoms with Gasteiger partial charge in [-0.2, -0.15) is 18.3 Å². The number of alkyl halides is 3. The summed E-state index contributed by atoms with van der Waals surface area (Å²) in [5.74, 6) is 0. The topological polar surface area (TPSA) is 34.9 Å². The molecule has 140 valence electrons. The number of benzene rings is 2. The molecular formula is C21H19F3N2O. The number of rotatable bonds is 3. The number of hydrogen-bond donors (Lipinski definition) is 0. The molecule has 0 fully saturated rings. The monoisotopic (exact) mass is 372 g/mol. The van der Waals surface area contributed by atoms with E-state index in [4.69, 9.17) is 0 Å². The maximum absolute atomic E-state index is 12.7. The van der Waals surface area contributed by atoms with Crippen molar-refractivity contribution in [2.75, 3.05) is 0 Å². The molecule has 3 nitrogen and oxygen atoms in total. The van der Waals surface area contributed by atoms with Crippen LogP contribution in [0.4, 0.5) is 13.2 Å². The first-order valence-electron chi connectivity index (χ1n) is 8.47. The van der Waals surface area contributed by atoms with E-state index in [1.165, 1.54) is 28.4 Å². The van der Waals surface area contributed by atoms with Crippen LogP contribution in [0, 0.1) is 20.8 Å². The van der Waals surface area contributed by atoms with Gasteiger partial charge in [0.05, 0.1) is 17.8 Å². The Morgan fingerprint density at radius 3 is 2.15 bits per heavy atom. The van der Waals surface area contributed by atoms with Crippen LogP contribution >= 0.6 is 0 Å². The molecule has 27 heavy (non-hydrogen) atoms. The highest BCUT2D eigenvalue weighted by Crippen LogP contribution is 2.29. The molecule has 0 saturated carbocycles. The van der Waals surface area contributed by atoms with E-state index in [2.05, 4.69) is 11.2 Å². The fourth-order valence-electron chi connectivity index (χ4n) is 2.91. The van der Waals surface area contributed by atoms with E-state index in [0.717, 1.165) is 28.8 Å². The average molecular weight is 372 g/mol. The second-order valence-corrected chi connectivity index (χ2v) is 6.66. The van der Waals surface area contributed by atoms with E-state index in [-0.39, 0.29) is 12.1 Å². The van der Waals surface area contributed by atoms with Gasteiger partial charge in [-0.1, -0.05) is 18.2 Å². The summed E-state index contributed by atoms with van der Waals surface area (Å²) in [5.41, 5.74) is 4.48. The maximum Gasteiger partial charge on any atom is 0.416 e. The zero-order chi connectivity index (χ0) is 19.8. The summed E-state index contributed by atoms with van der Waals surface area (Å²) < 4.78 is 39.3. The number of aryl methyl sites for hydroxylation is 3. The Bertz CT molecular complexity index is 1030. The first-order valence-corrected chi connectivity index (χ1v) is 8.47. The molecule has 0 bridgehead atoms. The smallest absolute Gasteiger partial charge is 0.268 e. The van der Waals surface area contributed by atoms with Crippen LogP contribution in [0.1, 0.15) is 27.8 Å². The fourth-order valence-corrected chi connectivity index (χ4v) is 2.91. The van der Waals surface area contributed by atoms with Crippen LogP contribution in [-0.2, 0) is 12.7 Å². The van der Waals surface area contributed by atoms with Crippen molar-refractivity contribution in [2.45, 2.75) is 33.5 Å². The maximum atomic E-state index is 12.7. The van der Waals surface area contributed by atoms with Gasteiger partial charge in [0.25, 0.3) is 5.56 Å². The molecule has 3 rings (SSSR count). The first kappa shape index (κ1) is 18.9. The normalized spacial score (nSPS) is 11.6. The molecule has 3 aromatic rings. The second kappa shape index (κ2) is 7.02. The van der Waals surface area contributed by atoms with Crippen LogP contribution in [0.5, 0.6) is 0 Å². The Kier molecular flexibility index (Phi) is 4.91. The average Bonchev–Trinajstić information content (AvgIpc) is 2.60. The zero-order valence-corrected chi connectivity index (χ0v) is 15.3. The third kappa shape index (κ3) is 4.10. The van der Waals surface area contributed by atoms with Crippen LogP contribution in [0.25, 0.3) is 11.3 Å². The minimum Gasteiger partial charge on any atom is -0.268 e. The Morgan fingerprint density at radius 1 is 0.889 bits per heavy atom. The zero-order valence-electron chi connectivity index (χ0n) is 15.3. The molecule has 0 spiro atoms. The summed E-state index contributed by atoms with van der Waals surface area (Å²) in [7, 11) is 0. The summed E-state index contributed by atoms with van der Waals surface area (Å²) in [6.45, 7) is 6.13. The third-order valence-corrected chi connectivity index (χ3v) is 4.60. The predicted molar refractivity (Wildman–Crippen MR) is 98.7 cm³/mol. The highest BCUT2D eigenvalue weighted by atomic mass is 19.4. The summed E-state index contributed by atoms with van der Waals surface area (Å²) in [5, 5.41) is 4.42. The molecule has 0 atom stereocenters. The molecule has 1 heterocycles. The number of halogens is 3. The molecule has 0 aliphatic rings. The lowest BCUT2D eigenvalue weighted by atomic mass is 9.99. The van der Waals surface area contributed by atoms with Crippen molar-refractivity contribution in [3.63, 3.8) is 0 Å². The molecule has 0 N–H and O–H groups in total. The van der Waals surface area contributed by atoms with Crippen molar-refractivity contribution in [2.24, 2.45) is 0 Å². The van der Waals surface area contributed by atoms with Gasteiger partial charge in [0.2, 0.25) is 0 Å². The third-order valence-electron chi connectivity index (χ3n) is 4.60. The van der Waals surface area contributed by atoms with Gasteiger partial charge < -0.3 is 0 Å². The van der Waals surface area contributed by atoms with Gasteiger partial charge in [-0.15, -0.1) is 0 Å². The van der Waals surface area contributed by atoms with E-state index >= 15 is 0 Å². The Hall–Kier alpha value is -2.89. The number of nitrogens with zero attached hydrogens (tertiary/aromatic N) is 2. The van der Waals surface area contributed by atoms with Gasteiger partial charge in [0.1, 0.15) is 0 Å². The van der Waals surface area contributed by atoms with Crippen molar-refractivity contribution in [1.29, 1.82) is 0 Å². The Labute approximate surface area is 155 Å². The van der Waals surface area contributed by atoms with E-state index in [0.29, 0.717) is 11.3 Å². The quantitative estimate of drug-likeness (QED) is 0.655. The number of hydrogen-bond acceptors (Lipinski definition) is 2. The standard InChI is InChI=1S/C21H19F3N2O/c1-13-10-15(3)18(11-14(13)2)19-8-9-20(27)26(25-19)12-16-4-6-17(7-5-16)21(22,23)24/h4-11H,12H2,1-3H3. The van der Waals surface area contributed by atoms with Gasteiger partial charge >= 0.3 is 6.18 Å². The van der Waals surface area contributed by atoms with E-state index in [9.17, 15) is 18.0 Å². The van der Waals surface area contributed by atoms with Gasteiger partial charge in [-0.25, -0.2) is 4.68 Å². The largest absolute Gasteiger partial charge is 0.416 e. The van der Waals surface area contributed by atoms with Crippen LogP contribution in [-0.4, -0.2) is 9.78 Å². The lowest BCUT2D eigenvalue weighted by Crippen LogP contribution is -2.23. The van der Waals surface area contributed by atoms with Crippen molar-refractivity contribution in [3.8, 4) is 11.3 Å². The van der Waals surface area contributed by atoms with Gasteiger partial charge in [0, 0.05) is 11.6 Å². The summed E-state index contributed by atoms with van der Waals surface area (Å²) in [6.07, 6.45) is -4.38. The van der Waals surface area contributed by atoms with Crippen LogP contribution < -0.4 is 5.56 Å². The molecular weight excluding hydrogens is 353 g/mol. The van der Waals surface area contributed by atoms with Gasteiger partial charge in [-0.3, -0.25) is 4.79 Å². The molecule has 0 aliphatic heterocycles. The summed E-state index contributed by atoms with van der Waals surface area (Å²) >= 11 is 0. The minimum absolute atomic E-state index is 0.106. The molecule has 0 aliphatic carbocycles. The lowest BCUT2D eigenvalue weighted by molar-refractivity contribution is -0.137. The molecule has 0 radical (unpaired) electrons. The molecule has 6 heteroatoms. The van der Waals surface area contributed by atoms with Crippen molar-refractivity contribution < 1.29 is 13.2 Å². The Balaban J connectivity index is 1.95. The summed E-state index contributed by atoms with van der Waals surface area (Å²) in [6, 6.07) is 12.0.